The topological polar surface area (TPSA) is 25.4 Å². The van der Waals surface area contributed by atoms with Gasteiger partial charge < -0.3 is 9.64 Å². The van der Waals surface area contributed by atoms with Gasteiger partial charge in [0.05, 0.1) is 24.9 Å². The standard InChI is InChI=1S/C10H16N2OS/c1-3-9-7-14-10(11-9)12-4-5-13-6-8(12)2/h7-8H,3-6H2,1-2H3/t8-/m0/s1. The van der Waals surface area contributed by atoms with Gasteiger partial charge in [-0.2, -0.15) is 0 Å². The number of morpholine rings is 1. The van der Waals surface area contributed by atoms with Crippen LogP contribution in [0.25, 0.3) is 0 Å². The molecule has 1 aromatic rings. The number of thiazole rings is 1. The second kappa shape index (κ2) is 4.28. The molecule has 0 spiro atoms. The largest absolute Gasteiger partial charge is 0.377 e. The Kier molecular flexibility index (Phi) is 3.03. The van der Waals surface area contributed by atoms with Crippen molar-refractivity contribution in [2.24, 2.45) is 0 Å². The summed E-state index contributed by atoms with van der Waals surface area (Å²) in [6.07, 6.45) is 1.02. The Bertz CT molecular complexity index is 300. The van der Waals surface area contributed by atoms with E-state index < -0.39 is 0 Å². The summed E-state index contributed by atoms with van der Waals surface area (Å²) in [7, 11) is 0. The molecule has 2 rings (SSSR count). The van der Waals surface area contributed by atoms with Gasteiger partial charge in [-0.1, -0.05) is 6.92 Å². The molecule has 1 aliphatic rings. The molecule has 2 heterocycles. The Balaban J connectivity index is 2.12. The Hall–Kier alpha value is -0.610. The average Bonchev–Trinajstić information content (AvgIpc) is 2.67. The molecule has 1 aliphatic heterocycles. The van der Waals surface area contributed by atoms with Crippen molar-refractivity contribution >= 4 is 16.5 Å². The van der Waals surface area contributed by atoms with Gasteiger partial charge in [0.1, 0.15) is 0 Å². The molecule has 14 heavy (non-hydrogen) atoms. The zero-order chi connectivity index (χ0) is 9.97. The smallest absolute Gasteiger partial charge is 0.185 e. The predicted octanol–water partition coefficient (Wildman–Crippen LogP) is 1.93. The molecular formula is C10H16N2OS. The molecule has 4 heteroatoms. The Morgan fingerprint density at radius 2 is 2.57 bits per heavy atom. The van der Waals surface area contributed by atoms with Crippen LogP contribution in [0.1, 0.15) is 19.5 Å². The van der Waals surface area contributed by atoms with Crippen LogP contribution in [-0.4, -0.2) is 30.8 Å². The van der Waals surface area contributed by atoms with E-state index in [1.807, 2.05) is 0 Å². The van der Waals surface area contributed by atoms with Gasteiger partial charge in [-0.15, -0.1) is 11.3 Å². The second-order valence-corrected chi connectivity index (χ2v) is 4.43. The second-order valence-electron chi connectivity index (χ2n) is 3.59. The number of aromatic nitrogens is 1. The number of hydrogen-bond donors (Lipinski definition) is 0. The first-order chi connectivity index (χ1) is 6.81. The van der Waals surface area contributed by atoms with Crippen LogP contribution in [0.5, 0.6) is 0 Å². The lowest BCUT2D eigenvalue weighted by Gasteiger charge is -2.32. The third-order valence-corrected chi connectivity index (χ3v) is 3.44. The van der Waals surface area contributed by atoms with Gasteiger partial charge in [-0.3, -0.25) is 0 Å². The van der Waals surface area contributed by atoms with Gasteiger partial charge in [0.15, 0.2) is 5.13 Å². The lowest BCUT2D eigenvalue weighted by atomic mass is 10.3. The van der Waals surface area contributed by atoms with Gasteiger partial charge in [0.2, 0.25) is 0 Å². The maximum absolute atomic E-state index is 5.40. The van der Waals surface area contributed by atoms with E-state index in [1.54, 1.807) is 11.3 Å². The van der Waals surface area contributed by atoms with Crippen molar-refractivity contribution in [1.29, 1.82) is 0 Å². The molecule has 1 aromatic heterocycles. The highest BCUT2D eigenvalue weighted by Crippen LogP contribution is 2.24. The van der Waals surface area contributed by atoms with Crippen molar-refractivity contribution in [2.75, 3.05) is 24.7 Å². The van der Waals surface area contributed by atoms with E-state index in [1.165, 1.54) is 5.69 Å². The predicted molar refractivity (Wildman–Crippen MR) is 59.1 cm³/mol. The molecule has 1 saturated heterocycles. The van der Waals surface area contributed by atoms with E-state index in [4.69, 9.17) is 4.74 Å². The maximum Gasteiger partial charge on any atom is 0.185 e. The first-order valence-corrected chi connectivity index (χ1v) is 5.98. The summed E-state index contributed by atoms with van der Waals surface area (Å²) < 4.78 is 5.40. The summed E-state index contributed by atoms with van der Waals surface area (Å²) in [5.74, 6) is 0. The molecule has 0 aromatic carbocycles. The lowest BCUT2D eigenvalue weighted by molar-refractivity contribution is 0.0989. The minimum atomic E-state index is 0.458. The maximum atomic E-state index is 5.40. The highest BCUT2D eigenvalue weighted by atomic mass is 32.1. The first kappa shape index (κ1) is 9.93. The number of rotatable bonds is 2. The van der Waals surface area contributed by atoms with Crippen LogP contribution in [0.3, 0.4) is 0 Å². The fourth-order valence-electron chi connectivity index (χ4n) is 1.60. The van der Waals surface area contributed by atoms with Gasteiger partial charge in [0.25, 0.3) is 0 Å². The SMILES string of the molecule is CCc1csc(N2CCOC[C@@H]2C)n1. The molecule has 78 valence electrons. The zero-order valence-corrected chi connectivity index (χ0v) is 9.51. The van der Waals surface area contributed by atoms with Crippen molar-refractivity contribution in [2.45, 2.75) is 26.3 Å². The van der Waals surface area contributed by atoms with E-state index in [-0.39, 0.29) is 0 Å². The van der Waals surface area contributed by atoms with E-state index >= 15 is 0 Å². The third kappa shape index (κ3) is 1.91. The van der Waals surface area contributed by atoms with Crippen LogP contribution in [0, 0.1) is 0 Å². The van der Waals surface area contributed by atoms with E-state index in [2.05, 4.69) is 29.1 Å². The molecule has 0 bridgehead atoms. The molecule has 0 saturated carbocycles. The molecule has 1 atom stereocenters. The molecule has 0 aliphatic carbocycles. The van der Waals surface area contributed by atoms with Gasteiger partial charge in [-0.25, -0.2) is 4.98 Å². The van der Waals surface area contributed by atoms with E-state index in [0.29, 0.717) is 6.04 Å². The summed E-state index contributed by atoms with van der Waals surface area (Å²) in [5, 5.41) is 3.30. The fourth-order valence-corrected chi connectivity index (χ4v) is 2.64. The van der Waals surface area contributed by atoms with Crippen LogP contribution < -0.4 is 4.90 Å². The highest BCUT2D eigenvalue weighted by molar-refractivity contribution is 7.13. The Labute approximate surface area is 88.7 Å². The molecule has 0 unspecified atom stereocenters. The van der Waals surface area contributed by atoms with Crippen molar-refractivity contribution in [3.63, 3.8) is 0 Å². The fraction of sp³-hybridized carbons (Fsp3) is 0.700. The zero-order valence-electron chi connectivity index (χ0n) is 8.69. The van der Waals surface area contributed by atoms with Crippen LogP contribution in [-0.2, 0) is 11.2 Å². The number of anilines is 1. The van der Waals surface area contributed by atoms with Crippen LogP contribution >= 0.6 is 11.3 Å². The molecule has 3 nitrogen and oxygen atoms in total. The summed E-state index contributed by atoms with van der Waals surface area (Å²) in [6.45, 7) is 6.94. The van der Waals surface area contributed by atoms with Gasteiger partial charge >= 0.3 is 0 Å². The van der Waals surface area contributed by atoms with Gasteiger partial charge in [0, 0.05) is 11.9 Å². The normalized spacial score (nSPS) is 22.7. The minimum Gasteiger partial charge on any atom is -0.377 e. The van der Waals surface area contributed by atoms with Crippen molar-refractivity contribution < 1.29 is 4.74 Å². The number of aryl methyl sites for hydroxylation is 1. The summed E-state index contributed by atoms with van der Waals surface area (Å²) in [5.41, 5.74) is 1.20. The van der Waals surface area contributed by atoms with Gasteiger partial charge in [-0.05, 0) is 13.3 Å². The van der Waals surface area contributed by atoms with Crippen LogP contribution in [0.4, 0.5) is 5.13 Å². The summed E-state index contributed by atoms with van der Waals surface area (Å²) >= 11 is 1.74. The highest BCUT2D eigenvalue weighted by Gasteiger charge is 2.21. The Morgan fingerprint density at radius 1 is 1.71 bits per heavy atom. The molecule has 0 radical (unpaired) electrons. The van der Waals surface area contributed by atoms with Crippen molar-refractivity contribution in [3.05, 3.63) is 11.1 Å². The monoisotopic (exact) mass is 212 g/mol. The first-order valence-electron chi connectivity index (χ1n) is 5.10. The number of ether oxygens (including phenoxy) is 1. The van der Waals surface area contributed by atoms with E-state index in [0.717, 1.165) is 31.3 Å². The van der Waals surface area contributed by atoms with Crippen LogP contribution in [0.15, 0.2) is 5.38 Å². The minimum absolute atomic E-state index is 0.458. The molecule has 1 fully saturated rings. The summed E-state index contributed by atoms with van der Waals surface area (Å²) in [4.78, 5) is 6.93. The average molecular weight is 212 g/mol. The Morgan fingerprint density at radius 3 is 3.21 bits per heavy atom. The van der Waals surface area contributed by atoms with Crippen LogP contribution in [0.2, 0.25) is 0 Å². The van der Waals surface area contributed by atoms with Crippen molar-refractivity contribution in [3.8, 4) is 0 Å². The number of nitrogens with zero attached hydrogens (tertiary/aromatic N) is 2. The molecule has 0 N–H and O–H groups in total. The quantitative estimate of drug-likeness (QED) is 0.749. The molecular weight excluding hydrogens is 196 g/mol. The lowest BCUT2D eigenvalue weighted by Crippen LogP contribution is -2.43. The number of hydrogen-bond acceptors (Lipinski definition) is 4. The third-order valence-electron chi connectivity index (χ3n) is 2.52. The van der Waals surface area contributed by atoms with E-state index in [9.17, 15) is 0 Å². The van der Waals surface area contributed by atoms with Crippen molar-refractivity contribution in [1.82, 2.24) is 4.98 Å². The summed E-state index contributed by atoms with van der Waals surface area (Å²) in [6, 6.07) is 0.458. The molecule has 0 amide bonds.